The maximum atomic E-state index is 12.6. The van der Waals surface area contributed by atoms with Gasteiger partial charge in [0.2, 0.25) is 0 Å². The molecule has 2 fully saturated rings. The molecule has 134 valence electrons. The van der Waals surface area contributed by atoms with Crippen molar-refractivity contribution in [3.63, 3.8) is 0 Å². The lowest BCUT2D eigenvalue weighted by Gasteiger charge is -2.15. The molecule has 0 aromatic carbocycles. The number of rotatable bonds is 7. The monoisotopic (exact) mass is 344 g/mol. The Hall–Kier alpha value is -2.22. The Morgan fingerprint density at radius 3 is 2.96 bits per heavy atom. The van der Waals surface area contributed by atoms with Crippen LogP contribution in [0.5, 0.6) is 0 Å². The minimum absolute atomic E-state index is 0.0373. The zero-order chi connectivity index (χ0) is 17.2. The van der Waals surface area contributed by atoms with Crippen LogP contribution in [-0.2, 0) is 17.9 Å². The number of hydrogen-bond donors (Lipinski definition) is 0. The van der Waals surface area contributed by atoms with E-state index in [4.69, 9.17) is 4.74 Å². The highest BCUT2D eigenvalue weighted by atomic mass is 16.5. The SMILES string of the molecule is CCn1cc(C(=O)N2CCC(n3cc(COCC4CC4)nn3)C2)cn1. The summed E-state index contributed by atoms with van der Waals surface area (Å²) in [4.78, 5) is 14.4. The van der Waals surface area contributed by atoms with Crippen molar-refractivity contribution >= 4 is 5.91 Å². The van der Waals surface area contributed by atoms with Gasteiger partial charge in [-0.3, -0.25) is 9.48 Å². The number of amides is 1. The van der Waals surface area contributed by atoms with E-state index in [0.717, 1.165) is 37.7 Å². The maximum Gasteiger partial charge on any atom is 0.257 e. The molecule has 1 aliphatic heterocycles. The van der Waals surface area contributed by atoms with Crippen LogP contribution in [0, 0.1) is 5.92 Å². The predicted molar refractivity (Wildman–Crippen MR) is 89.9 cm³/mol. The summed E-state index contributed by atoms with van der Waals surface area (Å²) in [6.07, 6.45) is 8.86. The molecular weight excluding hydrogens is 320 g/mol. The van der Waals surface area contributed by atoms with Crippen molar-refractivity contribution in [1.29, 1.82) is 0 Å². The molecule has 2 aromatic rings. The highest BCUT2D eigenvalue weighted by Crippen LogP contribution is 2.29. The molecule has 2 aliphatic rings. The molecule has 1 atom stereocenters. The molecule has 1 unspecified atom stereocenters. The number of aryl methyl sites for hydroxylation is 1. The molecule has 3 heterocycles. The van der Waals surface area contributed by atoms with Crippen LogP contribution in [0.4, 0.5) is 0 Å². The van der Waals surface area contributed by atoms with E-state index in [1.165, 1.54) is 12.8 Å². The van der Waals surface area contributed by atoms with Crippen molar-refractivity contribution in [2.45, 2.75) is 45.4 Å². The molecule has 0 N–H and O–H groups in total. The third-order valence-electron chi connectivity index (χ3n) is 4.89. The summed E-state index contributed by atoms with van der Waals surface area (Å²) in [5.41, 5.74) is 1.50. The van der Waals surface area contributed by atoms with Gasteiger partial charge in [-0.25, -0.2) is 4.68 Å². The van der Waals surface area contributed by atoms with Gasteiger partial charge >= 0.3 is 0 Å². The van der Waals surface area contributed by atoms with Gasteiger partial charge in [0, 0.05) is 32.4 Å². The van der Waals surface area contributed by atoms with Gasteiger partial charge in [0.25, 0.3) is 5.91 Å². The summed E-state index contributed by atoms with van der Waals surface area (Å²) in [6.45, 7) is 5.49. The fourth-order valence-electron chi connectivity index (χ4n) is 3.14. The van der Waals surface area contributed by atoms with E-state index in [9.17, 15) is 4.79 Å². The number of carbonyl (C=O) groups excluding carboxylic acids is 1. The largest absolute Gasteiger partial charge is 0.375 e. The van der Waals surface area contributed by atoms with E-state index >= 15 is 0 Å². The van der Waals surface area contributed by atoms with E-state index < -0.39 is 0 Å². The number of nitrogens with zero attached hydrogens (tertiary/aromatic N) is 6. The van der Waals surface area contributed by atoms with Crippen molar-refractivity contribution in [3.05, 3.63) is 29.8 Å². The number of ether oxygens (including phenoxy) is 1. The molecule has 1 saturated heterocycles. The molecule has 8 nitrogen and oxygen atoms in total. The van der Waals surface area contributed by atoms with Crippen LogP contribution in [0.15, 0.2) is 18.6 Å². The van der Waals surface area contributed by atoms with Gasteiger partial charge in [-0.05, 0) is 32.1 Å². The standard InChI is InChI=1S/C17H24N6O2/c1-2-22-8-14(7-18-22)17(24)21-6-5-16(10-21)23-9-15(19-20-23)12-25-11-13-3-4-13/h7-9,13,16H,2-6,10-12H2,1H3. The molecular formula is C17H24N6O2. The van der Waals surface area contributed by atoms with Gasteiger partial charge < -0.3 is 9.64 Å². The minimum atomic E-state index is 0.0373. The lowest BCUT2D eigenvalue weighted by Crippen LogP contribution is -2.29. The molecule has 2 aromatic heterocycles. The van der Waals surface area contributed by atoms with E-state index in [1.807, 2.05) is 22.7 Å². The Morgan fingerprint density at radius 2 is 2.20 bits per heavy atom. The number of likely N-dealkylation sites (tertiary alicyclic amines) is 1. The third kappa shape index (κ3) is 3.73. The zero-order valence-electron chi connectivity index (χ0n) is 14.5. The fourth-order valence-corrected chi connectivity index (χ4v) is 3.14. The van der Waals surface area contributed by atoms with Crippen LogP contribution in [0.2, 0.25) is 0 Å². The van der Waals surface area contributed by atoms with Gasteiger partial charge in [0.15, 0.2) is 0 Å². The zero-order valence-corrected chi connectivity index (χ0v) is 14.5. The summed E-state index contributed by atoms with van der Waals surface area (Å²) in [5, 5.41) is 12.6. The first-order valence-corrected chi connectivity index (χ1v) is 9.03. The molecule has 4 rings (SSSR count). The van der Waals surface area contributed by atoms with Gasteiger partial charge in [-0.15, -0.1) is 5.10 Å². The summed E-state index contributed by atoms with van der Waals surface area (Å²) in [7, 11) is 0. The topological polar surface area (TPSA) is 78.1 Å². The van der Waals surface area contributed by atoms with Crippen LogP contribution >= 0.6 is 0 Å². The molecule has 1 amide bonds. The predicted octanol–water partition coefficient (Wildman–Crippen LogP) is 1.51. The van der Waals surface area contributed by atoms with E-state index in [-0.39, 0.29) is 11.9 Å². The second-order valence-electron chi connectivity index (χ2n) is 6.93. The average Bonchev–Trinajstić information content (AvgIpc) is 3.07. The van der Waals surface area contributed by atoms with E-state index in [1.54, 1.807) is 17.1 Å². The second kappa shape index (κ2) is 6.95. The minimum Gasteiger partial charge on any atom is -0.375 e. The first-order chi connectivity index (χ1) is 12.2. The lowest BCUT2D eigenvalue weighted by atomic mass is 10.3. The molecule has 1 saturated carbocycles. The first-order valence-electron chi connectivity index (χ1n) is 9.03. The number of carbonyl (C=O) groups is 1. The normalized spacial score (nSPS) is 20.4. The number of hydrogen-bond acceptors (Lipinski definition) is 5. The molecule has 0 radical (unpaired) electrons. The first kappa shape index (κ1) is 16.3. The molecule has 8 heteroatoms. The van der Waals surface area contributed by atoms with Gasteiger partial charge in [-0.1, -0.05) is 5.21 Å². The van der Waals surface area contributed by atoms with Crippen LogP contribution in [0.3, 0.4) is 0 Å². The van der Waals surface area contributed by atoms with Crippen molar-refractivity contribution in [3.8, 4) is 0 Å². The van der Waals surface area contributed by atoms with Crippen molar-refractivity contribution in [2.24, 2.45) is 5.92 Å². The highest BCUT2D eigenvalue weighted by molar-refractivity contribution is 5.93. The quantitative estimate of drug-likeness (QED) is 0.761. The van der Waals surface area contributed by atoms with Crippen molar-refractivity contribution in [1.82, 2.24) is 29.7 Å². The molecule has 0 spiro atoms. The molecule has 25 heavy (non-hydrogen) atoms. The van der Waals surface area contributed by atoms with Crippen LogP contribution in [0.25, 0.3) is 0 Å². The summed E-state index contributed by atoms with van der Waals surface area (Å²) >= 11 is 0. The summed E-state index contributed by atoms with van der Waals surface area (Å²) < 4.78 is 9.30. The van der Waals surface area contributed by atoms with Crippen LogP contribution < -0.4 is 0 Å². The smallest absolute Gasteiger partial charge is 0.257 e. The second-order valence-corrected chi connectivity index (χ2v) is 6.93. The van der Waals surface area contributed by atoms with Crippen molar-refractivity contribution in [2.75, 3.05) is 19.7 Å². The van der Waals surface area contributed by atoms with Gasteiger partial charge in [0.05, 0.1) is 30.6 Å². The van der Waals surface area contributed by atoms with Gasteiger partial charge in [-0.2, -0.15) is 5.10 Å². The highest BCUT2D eigenvalue weighted by Gasteiger charge is 2.29. The molecule has 1 aliphatic carbocycles. The lowest BCUT2D eigenvalue weighted by molar-refractivity contribution is 0.0787. The van der Waals surface area contributed by atoms with Crippen LogP contribution in [-0.4, -0.2) is 55.3 Å². The van der Waals surface area contributed by atoms with Crippen molar-refractivity contribution < 1.29 is 9.53 Å². The summed E-state index contributed by atoms with van der Waals surface area (Å²) in [6, 6.07) is 0.176. The van der Waals surface area contributed by atoms with Crippen LogP contribution in [0.1, 0.15) is 48.3 Å². The van der Waals surface area contributed by atoms with E-state index in [2.05, 4.69) is 15.4 Å². The Bertz CT molecular complexity index is 735. The number of aromatic nitrogens is 5. The Kier molecular flexibility index (Phi) is 4.52. The third-order valence-corrected chi connectivity index (χ3v) is 4.89. The average molecular weight is 344 g/mol. The van der Waals surface area contributed by atoms with Gasteiger partial charge in [0.1, 0.15) is 5.69 Å². The summed E-state index contributed by atoms with van der Waals surface area (Å²) in [5.74, 6) is 0.789. The Balaban J connectivity index is 1.32. The van der Waals surface area contributed by atoms with E-state index in [0.29, 0.717) is 18.7 Å². The maximum absolute atomic E-state index is 12.6. The Labute approximate surface area is 146 Å². The molecule has 0 bridgehead atoms. The fraction of sp³-hybridized carbons (Fsp3) is 0.647. The Morgan fingerprint density at radius 1 is 1.32 bits per heavy atom.